The molecule has 0 saturated heterocycles. The van der Waals surface area contributed by atoms with Crippen LogP contribution in [0.15, 0.2) is 36.8 Å². The van der Waals surface area contributed by atoms with Crippen LogP contribution in [0.2, 0.25) is 45.3 Å². The lowest BCUT2D eigenvalue weighted by Crippen LogP contribution is -2.61. The van der Waals surface area contributed by atoms with E-state index in [1.54, 1.807) is 0 Å². The van der Waals surface area contributed by atoms with Crippen molar-refractivity contribution in [2.75, 3.05) is 6.54 Å². The quantitative estimate of drug-likeness (QED) is 0.510. The lowest BCUT2D eigenvalue weighted by atomic mass is 10.5. The number of hydrogen-bond acceptors (Lipinski definition) is 4. The van der Waals surface area contributed by atoms with Crippen LogP contribution >= 0.6 is 0 Å². The van der Waals surface area contributed by atoms with Gasteiger partial charge in [0, 0.05) is 6.04 Å². The smallest absolute Gasteiger partial charge is 0.413 e. The van der Waals surface area contributed by atoms with Crippen LogP contribution in [0.4, 0.5) is 0 Å². The van der Waals surface area contributed by atoms with E-state index in [1.807, 2.05) is 17.1 Å². The number of hydrogen-bond donors (Lipinski definition) is 1. The molecule has 0 aromatic heterocycles. The van der Waals surface area contributed by atoms with Gasteiger partial charge in [-0.3, -0.25) is 0 Å². The van der Waals surface area contributed by atoms with Gasteiger partial charge in [-0.25, -0.2) is 0 Å². The molecule has 0 aromatic carbocycles. The minimum atomic E-state index is -2.89. The molecule has 134 valence electrons. The van der Waals surface area contributed by atoms with Crippen LogP contribution in [0.1, 0.15) is 6.42 Å². The Morgan fingerprint density at radius 3 is 1.26 bits per heavy atom. The minimum Gasteiger partial charge on any atom is -0.413 e. The van der Waals surface area contributed by atoms with Crippen molar-refractivity contribution in [3.05, 3.63) is 36.8 Å². The van der Waals surface area contributed by atoms with Crippen LogP contribution < -0.4 is 5.73 Å². The summed E-state index contributed by atoms with van der Waals surface area (Å²) in [5, 5.41) is 0. The summed E-state index contributed by atoms with van der Waals surface area (Å²) in [5.74, 6) is 0. The van der Waals surface area contributed by atoms with Crippen molar-refractivity contribution in [3.63, 3.8) is 0 Å². The molecule has 8 heteroatoms. The van der Waals surface area contributed by atoms with Crippen LogP contribution in [0.3, 0.4) is 0 Å². The number of rotatable bonds is 12. The highest BCUT2D eigenvalue weighted by atomic mass is 28.5. The summed E-state index contributed by atoms with van der Waals surface area (Å²) in [6.45, 7) is 25.1. The van der Waals surface area contributed by atoms with E-state index in [0.29, 0.717) is 6.54 Å². The zero-order chi connectivity index (χ0) is 18.4. The van der Waals surface area contributed by atoms with Crippen LogP contribution in [0, 0.1) is 0 Å². The van der Waals surface area contributed by atoms with Gasteiger partial charge in [0.05, 0.1) is 0 Å². The van der Waals surface area contributed by atoms with E-state index in [4.69, 9.17) is 18.1 Å². The van der Waals surface area contributed by atoms with Gasteiger partial charge >= 0.3 is 8.80 Å². The van der Waals surface area contributed by atoms with Gasteiger partial charge in [0.15, 0.2) is 0 Å². The first-order valence-electron chi connectivity index (χ1n) is 8.08. The van der Waals surface area contributed by atoms with Crippen LogP contribution in [-0.2, 0) is 12.3 Å². The first-order valence-corrected chi connectivity index (χ1v) is 19.0. The summed E-state index contributed by atoms with van der Waals surface area (Å²) >= 11 is 0. The van der Waals surface area contributed by atoms with Crippen molar-refractivity contribution in [1.29, 1.82) is 0 Å². The molecule has 0 aliphatic rings. The predicted octanol–water partition coefficient (Wildman–Crippen LogP) is 4.11. The van der Waals surface area contributed by atoms with Crippen molar-refractivity contribution in [2.24, 2.45) is 5.73 Å². The predicted molar refractivity (Wildman–Crippen MR) is 111 cm³/mol. The Hall–Kier alpha value is -0.0725. The van der Waals surface area contributed by atoms with Gasteiger partial charge < -0.3 is 18.1 Å². The Balaban J connectivity index is 5.83. The minimum absolute atomic E-state index is 0.590. The molecular weight excluding hydrogens is 355 g/mol. The summed E-state index contributed by atoms with van der Waals surface area (Å²) in [6, 6.07) is 0.725. The summed E-state index contributed by atoms with van der Waals surface area (Å²) in [5.41, 5.74) is 11.5. The molecule has 0 rings (SSSR count). The fraction of sp³-hybridized carbons (Fsp3) is 0.600. The fourth-order valence-corrected chi connectivity index (χ4v) is 16.0. The largest absolute Gasteiger partial charge is 0.470 e. The maximum atomic E-state index is 6.59. The Morgan fingerprint density at radius 1 is 0.739 bits per heavy atom. The third-order valence-electron chi connectivity index (χ3n) is 3.42. The maximum Gasteiger partial charge on any atom is 0.470 e. The highest BCUT2D eigenvalue weighted by Gasteiger charge is 2.50. The first kappa shape index (κ1) is 22.9. The number of nitrogens with two attached hydrogens (primary N) is 1. The summed E-state index contributed by atoms with van der Waals surface area (Å²) in [7, 11) is -9.13. The highest BCUT2D eigenvalue weighted by Crippen LogP contribution is 2.30. The van der Waals surface area contributed by atoms with Gasteiger partial charge in [-0.1, -0.05) is 17.1 Å². The maximum absolute atomic E-state index is 6.59. The summed E-state index contributed by atoms with van der Waals surface area (Å²) in [6.07, 6.45) is 0.817. The van der Waals surface area contributed by atoms with Crippen molar-refractivity contribution in [2.45, 2.75) is 51.7 Å². The summed E-state index contributed by atoms with van der Waals surface area (Å²) < 4.78 is 19.8. The standard InChI is InChI=1S/C15H35NO3Si4/c1-10-20(4,5)17-23(15-13-14-16,18-21(6,7)11-2)19-22(8,9)12-3/h10-12H,1-3,13-16H2,4-9H3. The van der Waals surface area contributed by atoms with Gasteiger partial charge in [-0.05, 0) is 52.2 Å². The molecule has 0 heterocycles. The Bertz CT molecular complexity index is 370. The molecule has 23 heavy (non-hydrogen) atoms. The highest BCUT2D eigenvalue weighted by molar-refractivity contribution is 6.93. The van der Waals surface area contributed by atoms with Gasteiger partial charge in [-0.2, -0.15) is 0 Å². The van der Waals surface area contributed by atoms with E-state index in [-0.39, 0.29) is 0 Å². The molecule has 0 unspecified atom stereocenters. The van der Waals surface area contributed by atoms with E-state index >= 15 is 0 Å². The average Bonchev–Trinajstić information content (AvgIpc) is 2.43. The lowest BCUT2D eigenvalue weighted by molar-refractivity contribution is 0.254. The molecule has 0 amide bonds. The molecule has 0 saturated carbocycles. The van der Waals surface area contributed by atoms with Gasteiger partial charge in [0.1, 0.15) is 0 Å². The van der Waals surface area contributed by atoms with Gasteiger partial charge in [0.2, 0.25) is 25.0 Å². The van der Waals surface area contributed by atoms with Crippen molar-refractivity contribution in [1.82, 2.24) is 0 Å². The van der Waals surface area contributed by atoms with E-state index in [9.17, 15) is 0 Å². The molecule has 2 N–H and O–H groups in total. The second-order valence-electron chi connectivity index (χ2n) is 7.30. The van der Waals surface area contributed by atoms with Crippen LogP contribution in [-0.4, -0.2) is 40.3 Å². The van der Waals surface area contributed by atoms with Crippen molar-refractivity contribution >= 4 is 33.8 Å². The third kappa shape index (κ3) is 8.54. The van der Waals surface area contributed by atoms with E-state index in [0.717, 1.165) is 12.5 Å². The Kier molecular flexibility index (Phi) is 8.83. The Labute approximate surface area is 147 Å². The van der Waals surface area contributed by atoms with Crippen LogP contribution in [0.5, 0.6) is 0 Å². The molecule has 0 aliphatic heterocycles. The Morgan fingerprint density at radius 2 is 1.04 bits per heavy atom. The molecule has 0 fully saturated rings. The van der Waals surface area contributed by atoms with E-state index in [1.165, 1.54) is 0 Å². The normalized spacial score (nSPS) is 13.7. The SMILES string of the molecule is C=C[Si](C)(C)O[Si](CCCN)(O[Si](C)(C)C=C)O[Si](C)(C)C=C. The summed E-state index contributed by atoms with van der Waals surface area (Å²) in [4.78, 5) is 0. The lowest BCUT2D eigenvalue weighted by Gasteiger charge is -2.43. The first-order chi connectivity index (χ1) is 10.4. The van der Waals surface area contributed by atoms with Crippen LogP contribution in [0.25, 0.3) is 0 Å². The molecule has 0 bridgehead atoms. The second-order valence-corrected chi connectivity index (χ2v) is 22.5. The third-order valence-corrected chi connectivity index (χ3v) is 17.4. The monoisotopic (exact) mass is 389 g/mol. The molecule has 0 spiro atoms. The van der Waals surface area contributed by atoms with Crippen molar-refractivity contribution < 1.29 is 12.3 Å². The zero-order valence-electron chi connectivity index (χ0n) is 15.8. The topological polar surface area (TPSA) is 53.7 Å². The zero-order valence-corrected chi connectivity index (χ0v) is 19.8. The van der Waals surface area contributed by atoms with E-state index in [2.05, 4.69) is 59.0 Å². The molecule has 4 nitrogen and oxygen atoms in total. The van der Waals surface area contributed by atoms with Gasteiger partial charge in [-0.15, -0.1) is 19.7 Å². The fourth-order valence-electron chi connectivity index (χ4n) is 1.86. The van der Waals surface area contributed by atoms with Gasteiger partial charge in [0.25, 0.3) is 0 Å². The molecule has 0 aromatic rings. The molecule has 0 radical (unpaired) electrons. The molecular formula is C15H35NO3Si4. The van der Waals surface area contributed by atoms with E-state index < -0.39 is 33.8 Å². The molecule has 0 atom stereocenters. The van der Waals surface area contributed by atoms with Crippen molar-refractivity contribution in [3.8, 4) is 0 Å². The second kappa shape index (κ2) is 8.86. The average molecular weight is 390 g/mol. The molecule has 0 aliphatic carbocycles.